The average molecular weight is 333 g/mol. The third kappa shape index (κ3) is 2.57. The molecule has 6 heteroatoms. The summed E-state index contributed by atoms with van der Waals surface area (Å²) in [5.41, 5.74) is 2.09. The van der Waals surface area contributed by atoms with Crippen molar-refractivity contribution in [2.75, 3.05) is 5.32 Å². The number of aryl methyl sites for hydroxylation is 2. The molecule has 1 N–H and O–H groups in total. The predicted molar refractivity (Wildman–Crippen MR) is 95.9 cm³/mol. The highest BCUT2D eigenvalue weighted by atomic mass is 16.4. The molecule has 0 radical (unpaired) electrons. The van der Waals surface area contributed by atoms with Gasteiger partial charge in [-0.25, -0.2) is 9.78 Å². The Morgan fingerprint density at radius 2 is 1.96 bits per heavy atom. The maximum absolute atomic E-state index is 12.5. The molecule has 25 heavy (non-hydrogen) atoms. The summed E-state index contributed by atoms with van der Waals surface area (Å²) in [7, 11) is 1.93. The van der Waals surface area contributed by atoms with Crippen LogP contribution in [-0.4, -0.2) is 15.5 Å². The molecule has 6 nitrogen and oxygen atoms in total. The van der Waals surface area contributed by atoms with E-state index in [1.807, 2.05) is 30.7 Å². The summed E-state index contributed by atoms with van der Waals surface area (Å²) in [5.74, 6) is 0.375. The van der Waals surface area contributed by atoms with Gasteiger partial charge in [0.25, 0.3) is 5.91 Å². The molecule has 0 saturated carbocycles. The Labute approximate surface area is 142 Å². The van der Waals surface area contributed by atoms with Crippen molar-refractivity contribution in [3.05, 3.63) is 70.3 Å². The van der Waals surface area contributed by atoms with Gasteiger partial charge in [-0.2, -0.15) is 0 Å². The van der Waals surface area contributed by atoms with Gasteiger partial charge < -0.3 is 14.3 Å². The van der Waals surface area contributed by atoms with Crippen molar-refractivity contribution in [2.24, 2.45) is 7.05 Å². The van der Waals surface area contributed by atoms with E-state index in [0.29, 0.717) is 16.7 Å². The minimum atomic E-state index is -0.661. The number of rotatable bonds is 2. The molecule has 2 aromatic heterocycles. The summed E-state index contributed by atoms with van der Waals surface area (Å²) in [5, 5.41) is 3.43. The highest BCUT2D eigenvalue weighted by Gasteiger charge is 2.14. The van der Waals surface area contributed by atoms with Crippen molar-refractivity contribution in [1.29, 1.82) is 0 Å². The van der Waals surface area contributed by atoms with Crippen LogP contribution in [0, 0.1) is 6.92 Å². The lowest BCUT2D eigenvalue weighted by atomic mass is 10.1. The molecular weight excluding hydrogens is 318 g/mol. The summed E-state index contributed by atoms with van der Waals surface area (Å²) in [6, 6.07) is 14.1. The van der Waals surface area contributed by atoms with E-state index in [4.69, 9.17) is 4.42 Å². The lowest BCUT2D eigenvalue weighted by Crippen LogP contribution is -2.20. The van der Waals surface area contributed by atoms with Gasteiger partial charge >= 0.3 is 5.63 Å². The van der Waals surface area contributed by atoms with Gasteiger partial charge in [-0.05, 0) is 37.3 Å². The molecule has 0 saturated heterocycles. The zero-order valence-corrected chi connectivity index (χ0v) is 13.7. The molecular formula is C19H15N3O3. The van der Waals surface area contributed by atoms with E-state index >= 15 is 0 Å². The minimum Gasteiger partial charge on any atom is -0.422 e. The van der Waals surface area contributed by atoms with Crippen molar-refractivity contribution in [1.82, 2.24) is 9.55 Å². The van der Waals surface area contributed by atoms with Gasteiger partial charge in [0.1, 0.15) is 17.0 Å². The zero-order chi connectivity index (χ0) is 17.6. The second kappa shape index (κ2) is 5.59. The Morgan fingerprint density at radius 1 is 1.16 bits per heavy atom. The zero-order valence-electron chi connectivity index (χ0n) is 13.7. The van der Waals surface area contributed by atoms with E-state index in [2.05, 4.69) is 10.3 Å². The number of aromatic nitrogens is 2. The van der Waals surface area contributed by atoms with E-state index < -0.39 is 11.5 Å². The van der Waals surface area contributed by atoms with Gasteiger partial charge in [0.2, 0.25) is 0 Å². The molecule has 124 valence electrons. The van der Waals surface area contributed by atoms with Crippen LogP contribution in [0.4, 0.5) is 5.69 Å². The lowest BCUT2D eigenvalue weighted by molar-refractivity contribution is 0.102. The first-order valence-electron chi connectivity index (χ1n) is 7.80. The van der Waals surface area contributed by atoms with Crippen molar-refractivity contribution in [2.45, 2.75) is 6.92 Å². The van der Waals surface area contributed by atoms with E-state index in [1.54, 1.807) is 36.4 Å². The molecule has 2 aromatic carbocycles. The van der Waals surface area contributed by atoms with Crippen LogP contribution in [0.5, 0.6) is 0 Å². The highest BCUT2D eigenvalue weighted by molar-refractivity contribution is 6.06. The van der Waals surface area contributed by atoms with Crippen LogP contribution in [0.3, 0.4) is 0 Å². The Hall–Kier alpha value is -3.41. The number of carbonyl (C=O) groups is 1. The normalized spacial score (nSPS) is 11.1. The van der Waals surface area contributed by atoms with Crippen LogP contribution in [0.15, 0.2) is 57.7 Å². The SMILES string of the molecule is Cc1nc2cc(NC(=O)c3cc4ccccc4oc3=O)ccc2n1C. The topological polar surface area (TPSA) is 77.1 Å². The number of nitrogens with zero attached hydrogens (tertiary/aromatic N) is 2. The maximum atomic E-state index is 12.5. The first kappa shape index (κ1) is 15.1. The Morgan fingerprint density at radius 3 is 2.80 bits per heavy atom. The first-order valence-corrected chi connectivity index (χ1v) is 7.80. The molecule has 0 atom stereocenters. The van der Waals surface area contributed by atoms with E-state index in [-0.39, 0.29) is 5.56 Å². The number of imidazole rings is 1. The van der Waals surface area contributed by atoms with Crippen molar-refractivity contribution in [3.63, 3.8) is 0 Å². The van der Waals surface area contributed by atoms with Crippen LogP contribution in [0.25, 0.3) is 22.0 Å². The molecule has 0 spiro atoms. The van der Waals surface area contributed by atoms with E-state index in [0.717, 1.165) is 16.9 Å². The number of carbonyl (C=O) groups excluding carboxylic acids is 1. The fourth-order valence-corrected chi connectivity index (χ4v) is 2.82. The molecule has 0 bridgehead atoms. The lowest BCUT2D eigenvalue weighted by Gasteiger charge is -2.05. The van der Waals surface area contributed by atoms with E-state index in [1.165, 1.54) is 0 Å². The number of benzene rings is 2. The maximum Gasteiger partial charge on any atom is 0.349 e. The number of para-hydroxylation sites is 1. The first-order chi connectivity index (χ1) is 12.0. The summed E-state index contributed by atoms with van der Waals surface area (Å²) >= 11 is 0. The Balaban J connectivity index is 1.70. The molecule has 0 aliphatic heterocycles. The third-order valence-electron chi connectivity index (χ3n) is 4.25. The largest absolute Gasteiger partial charge is 0.422 e. The van der Waals surface area contributed by atoms with Crippen LogP contribution in [0.1, 0.15) is 16.2 Å². The summed E-state index contributed by atoms with van der Waals surface area (Å²) in [4.78, 5) is 29.0. The quantitative estimate of drug-likeness (QED) is 0.571. The number of fused-ring (bicyclic) bond motifs is 2. The molecule has 0 unspecified atom stereocenters. The number of nitrogens with one attached hydrogen (secondary N) is 1. The Bertz CT molecular complexity index is 1190. The monoisotopic (exact) mass is 333 g/mol. The van der Waals surface area contributed by atoms with Gasteiger partial charge in [-0.3, -0.25) is 4.79 Å². The fraction of sp³-hybridized carbons (Fsp3) is 0.105. The van der Waals surface area contributed by atoms with Crippen LogP contribution >= 0.6 is 0 Å². The molecule has 1 amide bonds. The summed E-state index contributed by atoms with van der Waals surface area (Å²) in [6.45, 7) is 1.92. The second-order valence-electron chi connectivity index (χ2n) is 5.86. The predicted octanol–water partition coefficient (Wildman–Crippen LogP) is 3.24. The van der Waals surface area contributed by atoms with Gasteiger partial charge in [-0.15, -0.1) is 0 Å². The molecule has 4 rings (SSSR count). The molecule has 0 fully saturated rings. The number of anilines is 1. The van der Waals surface area contributed by atoms with Crippen molar-refractivity contribution in [3.8, 4) is 0 Å². The van der Waals surface area contributed by atoms with Crippen molar-refractivity contribution >= 4 is 33.6 Å². The van der Waals surface area contributed by atoms with Crippen LogP contribution in [0.2, 0.25) is 0 Å². The number of hydrogen-bond acceptors (Lipinski definition) is 4. The van der Waals surface area contributed by atoms with Gasteiger partial charge in [0.05, 0.1) is 11.0 Å². The number of amides is 1. The molecule has 4 aromatic rings. The van der Waals surface area contributed by atoms with Gasteiger partial charge in [0.15, 0.2) is 0 Å². The highest BCUT2D eigenvalue weighted by Crippen LogP contribution is 2.20. The minimum absolute atomic E-state index is 0.0315. The Kier molecular flexibility index (Phi) is 3.39. The molecule has 0 aliphatic rings. The summed E-state index contributed by atoms with van der Waals surface area (Å²) in [6.07, 6.45) is 0. The van der Waals surface area contributed by atoms with Gasteiger partial charge in [0, 0.05) is 18.1 Å². The average Bonchev–Trinajstić information content (AvgIpc) is 2.88. The summed E-state index contributed by atoms with van der Waals surface area (Å²) < 4.78 is 7.18. The third-order valence-corrected chi connectivity index (χ3v) is 4.25. The van der Waals surface area contributed by atoms with Crippen LogP contribution < -0.4 is 10.9 Å². The van der Waals surface area contributed by atoms with Gasteiger partial charge in [-0.1, -0.05) is 18.2 Å². The number of hydrogen-bond donors (Lipinski definition) is 1. The van der Waals surface area contributed by atoms with E-state index in [9.17, 15) is 9.59 Å². The van der Waals surface area contributed by atoms with Crippen molar-refractivity contribution < 1.29 is 9.21 Å². The molecule has 0 aliphatic carbocycles. The fourth-order valence-electron chi connectivity index (χ4n) is 2.82. The second-order valence-corrected chi connectivity index (χ2v) is 5.86. The standard InChI is InChI=1S/C19H15N3O3/c1-11-20-15-10-13(7-8-16(15)22(11)2)21-18(23)14-9-12-5-3-4-6-17(12)25-19(14)24/h3-10H,1-2H3,(H,21,23). The molecule has 2 heterocycles. The van der Waals surface area contributed by atoms with Crippen LogP contribution in [-0.2, 0) is 7.05 Å². The smallest absolute Gasteiger partial charge is 0.349 e.